The molecule has 0 amide bonds. The first-order chi connectivity index (χ1) is 13.8. The lowest BCUT2D eigenvalue weighted by Gasteiger charge is -2.28. The van der Waals surface area contributed by atoms with E-state index in [1.165, 1.54) is 16.7 Å². The van der Waals surface area contributed by atoms with Gasteiger partial charge in [0.05, 0.1) is 13.2 Å². The molecular formula is C23H30N2O3. The Balaban J connectivity index is 1.22. The highest BCUT2D eigenvalue weighted by Crippen LogP contribution is 2.22. The maximum absolute atomic E-state index is 10.2. The minimum Gasteiger partial charge on any atom is -0.491 e. The van der Waals surface area contributed by atoms with E-state index >= 15 is 0 Å². The second-order valence-corrected chi connectivity index (χ2v) is 7.78. The van der Waals surface area contributed by atoms with E-state index in [-0.39, 0.29) is 0 Å². The third-order valence-electron chi connectivity index (χ3n) is 5.56. The Bertz CT molecular complexity index is 736. The molecule has 150 valence electrons. The normalized spacial score (nSPS) is 18.8. The lowest BCUT2D eigenvalue weighted by molar-refractivity contribution is 0.00465. The van der Waals surface area contributed by atoms with Gasteiger partial charge in [-0.2, -0.15) is 0 Å². The molecule has 2 aromatic rings. The zero-order valence-corrected chi connectivity index (χ0v) is 16.3. The van der Waals surface area contributed by atoms with E-state index in [2.05, 4.69) is 46.6 Å². The van der Waals surface area contributed by atoms with Crippen LogP contribution in [0.15, 0.2) is 48.5 Å². The molecule has 28 heavy (non-hydrogen) atoms. The van der Waals surface area contributed by atoms with Crippen molar-refractivity contribution in [3.63, 3.8) is 0 Å². The van der Waals surface area contributed by atoms with Crippen LogP contribution in [0.4, 0.5) is 0 Å². The number of rotatable bonds is 8. The Kier molecular flexibility index (Phi) is 6.60. The number of nitrogens with zero attached hydrogens (tertiary/aromatic N) is 1. The third kappa shape index (κ3) is 5.32. The van der Waals surface area contributed by atoms with Crippen molar-refractivity contribution in [3.05, 3.63) is 65.2 Å². The zero-order valence-electron chi connectivity index (χ0n) is 16.3. The number of hydrogen-bond donors (Lipinski definition) is 2. The van der Waals surface area contributed by atoms with Crippen molar-refractivity contribution in [2.45, 2.75) is 31.5 Å². The summed E-state index contributed by atoms with van der Waals surface area (Å²) in [5.74, 6) is 0.815. The Hall–Kier alpha value is -1.92. The molecule has 1 heterocycles. The minimum absolute atomic E-state index is 0.312. The highest BCUT2D eigenvalue weighted by Gasteiger charge is 2.20. The van der Waals surface area contributed by atoms with Crippen LogP contribution >= 0.6 is 0 Å². The highest BCUT2D eigenvalue weighted by atomic mass is 16.5. The molecule has 0 unspecified atom stereocenters. The van der Waals surface area contributed by atoms with Crippen molar-refractivity contribution < 1.29 is 14.6 Å². The molecule has 0 radical (unpaired) electrons. The van der Waals surface area contributed by atoms with Crippen molar-refractivity contribution in [2.75, 3.05) is 39.5 Å². The van der Waals surface area contributed by atoms with E-state index in [0.29, 0.717) is 19.2 Å². The topological polar surface area (TPSA) is 54.0 Å². The van der Waals surface area contributed by atoms with Crippen molar-refractivity contribution in [3.8, 4) is 5.75 Å². The van der Waals surface area contributed by atoms with Crippen molar-refractivity contribution in [1.82, 2.24) is 10.2 Å². The van der Waals surface area contributed by atoms with E-state index in [4.69, 9.17) is 9.47 Å². The number of aliphatic hydroxyl groups is 1. The minimum atomic E-state index is -0.489. The van der Waals surface area contributed by atoms with Gasteiger partial charge < -0.3 is 19.9 Å². The second-order valence-electron chi connectivity index (χ2n) is 7.78. The molecule has 1 aliphatic heterocycles. The van der Waals surface area contributed by atoms with E-state index in [1.807, 2.05) is 12.1 Å². The van der Waals surface area contributed by atoms with Crippen LogP contribution in [-0.4, -0.2) is 61.6 Å². The largest absolute Gasteiger partial charge is 0.491 e. The fourth-order valence-corrected chi connectivity index (χ4v) is 4.04. The summed E-state index contributed by atoms with van der Waals surface area (Å²) in [4.78, 5) is 2.22. The lowest BCUT2D eigenvalue weighted by Crippen LogP contribution is -2.42. The summed E-state index contributed by atoms with van der Waals surface area (Å²) in [6.45, 7) is 5.01. The molecular weight excluding hydrogens is 352 g/mol. The van der Waals surface area contributed by atoms with Gasteiger partial charge in [-0.1, -0.05) is 36.4 Å². The summed E-state index contributed by atoms with van der Waals surface area (Å²) in [5.41, 5.74) is 4.13. The van der Waals surface area contributed by atoms with Gasteiger partial charge in [0.2, 0.25) is 0 Å². The van der Waals surface area contributed by atoms with Gasteiger partial charge in [0, 0.05) is 32.2 Å². The molecule has 1 aliphatic carbocycles. The first kappa shape index (κ1) is 19.4. The zero-order chi connectivity index (χ0) is 19.2. The van der Waals surface area contributed by atoms with E-state index in [0.717, 1.165) is 51.4 Å². The predicted molar refractivity (Wildman–Crippen MR) is 110 cm³/mol. The molecule has 2 aromatic carbocycles. The highest BCUT2D eigenvalue weighted by molar-refractivity contribution is 5.33. The summed E-state index contributed by atoms with van der Waals surface area (Å²) in [6, 6.07) is 17.4. The van der Waals surface area contributed by atoms with E-state index < -0.39 is 6.10 Å². The molecule has 1 fully saturated rings. The molecule has 4 rings (SSSR count). The Morgan fingerprint density at radius 3 is 2.57 bits per heavy atom. The Morgan fingerprint density at radius 2 is 1.82 bits per heavy atom. The van der Waals surface area contributed by atoms with Gasteiger partial charge in [0.15, 0.2) is 0 Å². The van der Waals surface area contributed by atoms with Crippen LogP contribution in [0.3, 0.4) is 0 Å². The maximum Gasteiger partial charge on any atom is 0.119 e. The first-order valence-corrected chi connectivity index (χ1v) is 10.3. The molecule has 2 N–H and O–H groups in total. The number of hydrogen-bond acceptors (Lipinski definition) is 5. The van der Waals surface area contributed by atoms with Crippen LogP contribution in [0.1, 0.15) is 16.7 Å². The van der Waals surface area contributed by atoms with Crippen molar-refractivity contribution in [1.29, 1.82) is 0 Å². The number of benzene rings is 2. The predicted octanol–water partition coefficient (Wildman–Crippen LogP) is 2.02. The van der Waals surface area contributed by atoms with Gasteiger partial charge in [-0.25, -0.2) is 0 Å². The fraction of sp³-hybridized carbons (Fsp3) is 0.478. The van der Waals surface area contributed by atoms with Gasteiger partial charge in [-0.3, -0.25) is 4.90 Å². The van der Waals surface area contributed by atoms with E-state index in [1.54, 1.807) is 0 Å². The number of β-amino-alcohol motifs (C(OH)–C–C–N with tert-alkyl or cyclic N) is 1. The monoisotopic (exact) mass is 382 g/mol. The van der Waals surface area contributed by atoms with Crippen molar-refractivity contribution in [2.24, 2.45) is 0 Å². The number of fused-ring (bicyclic) bond motifs is 1. The smallest absolute Gasteiger partial charge is 0.119 e. The quantitative estimate of drug-likeness (QED) is 0.732. The summed E-state index contributed by atoms with van der Waals surface area (Å²) < 4.78 is 11.2. The lowest BCUT2D eigenvalue weighted by atomic mass is 10.1. The molecule has 0 spiro atoms. The number of ether oxygens (including phenoxy) is 2. The van der Waals surface area contributed by atoms with Crippen LogP contribution in [0.2, 0.25) is 0 Å². The Labute approximate surface area is 167 Å². The third-order valence-corrected chi connectivity index (χ3v) is 5.56. The van der Waals surface area contributed by atoms with Gasteiger partial charge in [-0.05, 0) is 41.7 Å². The van der Waals surface area contributed by atoms with Crippen LogP contribution in [-0.2, 0) is 24.1 Å². The molecule has 1 atom stereocenters. The SMILES string of the molecule is O[C@@H](COc1cccc(CNC2Cc3ccccc3C2)c1)CN1CCOCC1. The van der Waals surface area contributed by atoms with Crippen LogP contribution in [0.5, 0.6) is 5.75 Å². The molecule has 0 aromatic heterocycles. The van der Waals surface area contributed by atoms with Gasteiger partial charge in [0.1, 0.15) is 18.5 Å². The molecule has 0 saturated carbocycles. The number of morpholine rings is 1. The van der Waals surface area contributed by atoms with Gasteiger partial charge in [0.25, 0.3) is 0 Å². The van der Waals surface area contributed by atoms with Crippen LogP contribution in [0, 0.1) is 0 Å². The molecule has 5 heteroatoms. The summed E-state index contributed by atoms with van der Waals surface area (Å²) in [6.07, 6.45) is 1.71. The average molecular weight is 383 g/mol. The summed E-state index contributed by atoms with van der Waals surface area (Å²) in [5, 5.41) is 13.9. The molecule has 5 nitrogen and oxygen atoms in total. The van der Waals surface area contributed by atoms with Crippen LogP contribution < -0.4 is 10.1 Å². The Morgan fingerprint density at radius 1 is 1.07 bits per heavy atom. The number of aliphatic hydroxyl groups excluding tert-OH is 1. The van der Waals surface area contributed by atoms with Gasteiger partial charge in [-0.15, -0.1) is 0 Å². The molecule has 2 aliphatic rings. The summed E-state index contributed by atoms with van der Waals surface area (Å²) >= 11 is 0. The molecule has 1 saturated heterocycles. The molecule has 0 bridgehead atoms. The van der Waals surface area contributed by atoms with E-state index in [9.17, 15) is 5.11 Å². The second kappa shape index (κ2) is 9.52. The summed E-state index contributed by atoms with van der Waals surface area (Å²) in [7, 11) is 0. The first-order valence-electron chi connectivity index (χ1n) is 10.3. The maximum atomic E-state index is 10.2. The average Bonchev–Trinajstić information content (AvgIpc) is 3.15. The number of nitrogens with one attached hydrogen (secondary N) is 1. The van der Waals surface area contributed by atoms with Crippen molar-refractivity contribution >= 4 is 0 Å². The van der Waals surface area contributed by atoms with Crippen LogP contribution in [0.25, 0.3) is 0 Å². The van der Waals surface area contributed by atoms with Gasteiger partial charge >= 0.3 is 0 Å². The fourth-order valence-electron chi connectivity index (χ4n) is 4.04. The standard InChI is InChI=1S/C23H30N2O3/c26-22(16-25-8-10-27-11-9-25)17-28-23-7-3-4-18(12-23)15-24-21-13-19-5-1-2-6-20(19)14-21/h1-7,12,21-22,24,26H,8-11,13-17H2/t22-/m1/s1.